The fraction of sp³-hybridized carbons (Fsp3) is 0.522. The monoisotopic (exact) mass is 414 g/mol. The minimum absolute atomic E-state index is 0.0688. The summed E-state index contributed by atoms with van der Waals surface area (Å²) >= 11 is 0. The number of hydrogen-bond acceptors (Lipinski definition) is 5. The van der Waals surface area contributed by atoms with Crippen LogP contribution in [0.2, 0.25) is 0 Å². The SMILES string of the molecule is CCOC(=O)[C@H]1[C@@H]2CN(C(=O)c3cccc4c3NCCC4)C[C@@H]2C=C[C@@H]1C.O=CO. The molecule has 0 unspecified atom stereocenters. The lowest BCUT2D eigenvalue weighted by Crippen LogP contribution is -2.37. The number of hydrogen-bond donors (Lipinski definition) is 2. The predicted molar refractivity (Wildman–Crippen MR) is 113 cm³/mol. The van der Waals surface area contributed by atoms with Crippen LogP contribution in [0.5, 0.6) is 0 Å². The smallest absolute Gasteiger partial charge is 0.309 e. The van der Waals surface area contributed by atoms with Crippen molar-refractivity contribution in [3.05, 3.63) is 41.5 Å². The Morgan fingerprint density at radius 3 is 2.80 bits per heavy atom. The summed E-state index contributed by atoms with van der Waals surface area (Å²) in [6, 6.07) is 6.00. The van der Waals surface area contributed by atoms with Crippen LogP contribution in [0.15, 0.2) is 30.4 Å². The number of anilines is 1. The number of carbonyl (C=O) groups excluding carboxylic acids is 2. The van der Waals surface area contributed by atoms with Crippen LogP contribution in [0, 0.1) is 23.7 Å². The van der Waals surface area contributed by atoms with Crippen molar-refractivity contribution < 1.29 is 24.2 Å². The number of fused-ring (bicyclic) bond motifs is 2. The Kier molecular flexibility index (Phi) is 7.13. The van der Waals surface area contributed by atoms with E-state index in [1.165, 1.54) is 5.56 Å². The van der Waals surface area contributed by atoms with E-state index in [-0.39, 0.29) is 42.0 Å². The summed E-state index contributed by atoms with van der Waals surface area (Å²) in [5, 5.41) is 10.3. The van der Waals surface area contributed by atoms with Crippen LogP contribution < -0.4 is 5.32 Å². The zero-order valence-electron chi connectivity index (χ0n) is 17.5. The number of carbonyl (C=O) groups is 3. The number of benzene rings is 1. The van der Waals surface area contributed by atoms with Gasteiger partial charge >= 0.3 is 5.97 Å². The third-order valence-electron chi connectivity index (χ3n) is 6.25. The lowest BCUT2D eigenvalue weighted by molar-refractivity contribution is -0.152. The number of para-hydroxylation sites is 1. The second-order valence-corrected chi connectivity index (χ2v) is 8.04. The number of allylic oxidation sites excluding steroid dienone is 1. The molecular formula is C23H30N2O5. The van der Waals surface area contributed by atoms with Gasteiger partial charge in [-0.05, 0) is 49.1 Å². The molecule has 0 radical (unpaired) electrons. The highest BCUT2D eigenvalue weighted by molar-refractivity contribution is 6.00. The van der Waals surface area contributed by atoms with Gasteiger partial charge in [-0.3, -0.25) is 14.4 Å². The molecule has 2 N–H and O–H groups in total. The Balaban J connectivity index is 0.000000806. The quantitative estimate of drug-likeness (QED) is 0.449. The number of rotatable bonds is 3. The first kappa shape index (κ1) is 21.9. The van der Waals surface area contributed by atoms with Crippen molar-refractivity contribution in [1.29, 1.82) is 0 Å². The number of nitrogens with zero attached hydrogens (tertiary/aromatic N) is 1. The highest BCUT2D eigenvalue weighted by Crippen LogP contribution is 2.41. The first-order valence-corrected chi connectivity index (χ1v) is 10.6. The Labute approximate surface area is 177 Å². The minimum Gasteiger partial charge on any atom is -0.483 e. The Hall–Kier alpha value is -2.83. The number of esters is 1. The standard InChI is InChI=1S/C22H28N2O3.CH2O2/c1-3-27-22(26)19-14(2)9-10-16-12-24(13-18(16)19)21(25)17-8-4-6-15-7-5-11-23-20(15)17;2-1-3/h4,6,8-10,14,16,18-19,23H,3,5,7,11-13H2,1-2H3;1H,(H,2,3)/t14-,16-,18+,19+;/m0./s1. The molecule has 0 aromatic heterocycles. The molecule has 2 aliphatic heterocycles. The molecule has 0 spiro atoms. The summed E-state index contributed by atoms with van der Waals surface area (Å²) in [5.74, 6) is 0.288. The molecule has 1 fully saturated rings. The molecule has 3 aliphatic rings. The first-order valence-electron chi connectivity index (χ1n) is 10.6. The summed E-state index contributed by atoms with van der Waals surface area (Å²) in [5.41, 5.74) is 2.98. The van der Waals surface area contributed by atoms with Gasteiger partial charge in [0.25, 0.3) is 12.4 Å². The summed E-state index contributed by atoms with van der Waals surface area (Å²) in [4.78, 5) is 36.1. The molecule has 7 heteroatoms. The molecule has 1 aliphatic carbocycles. The lowest BCUT2D eigenvalue weighted by Gasteiger charge is -2.31. The topological polar surface area (TPSA) is 95.9 Å². The zero-order chi connectivity index (χ0) is 21.7. The van der Waals surface area contributed by atoms with Gasteiger partial charge in [-0.15, -0.1) is 0 Å². The van der Waals surface area contributed by atoms with Gasteiger partial charge in [0.1, 0.15) is 0 Å². The van der Waals surface area contributed by atoms with Crippen LogP contribution in [0.3, 0.4) is 0 Å². The van der Waals surface area contributed by atoms with E-state index < -0.39 is 0 Å². The predicted octanol–water partition coefficient (Wildman–Crippen LogP) is 2.82. The second kappa shape index (κ2) is 9.78. The molecule has 162 valence electrons. The van der Waals surface area contributed by atoms with Gasteiger partial charge in [0.15, 0.2) is 0 Å². The van der Waals surface area contributed by atoms with Crippen LogP contribution in [0.25, 0.3) is 0 Å². The molecule has 0 bridgehead atoms. The van der Waals surface area contributed by atoms with Gasteiger partial charge in [-0.25, -0.2) is 0 Å². The summed E-state index contributed by atoms with van der Waals surface area (Å²) in [6.45, 7) is 6.25. The first-order chi connectivity index (χ1) is 14.5. The van der Waals surface area contributed by atoms with Gasteiger partial charge in [0.2, 0.25) is 0 Å². The zero-order valence-corrected chi connectivity index (χ0v) is 17.5. The maximum Gasteiger partial charge on any atom is 0.309 e. The molecule has 1 saturated heterocycles. The van der Waals surface area contributed by atoms with Crippen molar-refractivity contribution in [1.82, 2.24) is 4.90 Å². The van der Waals surface area contributed by atoms with Gasteiger partial charge in [-0.1, -0.05) is 31.2 Å². The molecule has 7 nitrogen and oxygen atoms in total. The van der Waals surface area contributed by atoms with E-state index in [1.54, 1.807) is 0 Å². The minimum atomic E-state index is -0.250. The van der Waals surface area contributed by atoms with Crippen molar-refractivity contribution in [2.24, 2.45) is 23.7 Å². The third-order valence-corrected chi connectivity index (χ3v) is 6.25. The highest BCUT2D eigenvalue weighted by atomic mass is 16.5. The molecule has 4 atom stereocenters. The van der Waals surface area contributed by atoms with Crippen molar-refractivity contribution in [2.75, 3.05) is 31.6 Å². The van der Waals surface area contributed by atoms with Crippen LogP contribution in [-0.4, -0.2) is 54.6 Å². The molecule has 0 saturated carbocycles. The van der Waals surface area contributed by atoms with E-state index in [1.807, 2.05) is 24.0 Å². The summed E-state index contributed by atoms with van der Waals surface area (Å²) in [7, 11) is 0. The number of nitrogens with one attached hydrogen (secondary N) is 1. The van der Waals surface area contributed by atoms with Crippen molar-refractivity contribution in [3.8, 4) is 0 Å². The van der Waals surface area contributed by atoms with E-state index in [4.69, 9.17) is 14.6 Å². The number of carboxylic acid groups (broad SMARTS) is 1. The third kappa shape index (κ3) is 4.35. The van der Waals surface area contributed by atoms with E-state index >= 15 is 0 Å². The summed E-state index contributed by atoms with van der Waals surface area (Å²) < 4.78 is 5.33. The fourth-order valence-electron chi connectivity index (χ4n) is 4.92. The molecule has 1 aromatic rings. The van der Waals surface area contributed by atoms with Gasteiger partial charge in [-0.2, -0.15) is 0 Å². The van der Waals surface area contributed by atoms with Gasteiger partial charge < -0.3 is 20.1 Å². The van der Waals surface area contributed by atoms with Crippen LogP contribution in [0.1, 0.15) is 36.2 Å². The lowest BCUT2D eigenvalue weighted by atomic mass is 9.72. The van der Waals surface area contributed by atoms with Crippen LogP contribution in [0.4, 0.5) is 5.69 Å². The molecule has 30 heavy (non-hydrogen) atoms. The van der Waals surface area contributed by atoms with E-state index in [0.717, 1.165) is 30.6 Å². The molecule has 1 aromatic carbocycles. The maximum absolute atomic E-state index is 13.3. The van der Waals surface area contributed by atoms with Gasteiger partial charge in [0.05, 0.1) is 23.8 Å². The largest absolute Gasteiger partial charge is 0.483 e. The second-order valence-electron chi connectivity index (χ2n) is 8.04. The number of amides is 1. The Morgan fingerprint density at radius 1 is 1.30 bits per heavy atom. The normalized spacial score (nSPS) is 26.4. The van der Waals surface area contributed by atoms with Crippen LogP contribution >= 0.6 is 0 Å². The van der Waals surface area contributed by atoms with E-state index in [0.29, 0.717) is 19.7 Å². The van der Waals surface area contributed by atoms with E-state index in [9.17, 15) is 9.59 Å². The fourth-order valence-corrected chi connectivity index (χ4v) is 4.92. The number of ether oxygens (including phenoxy) is 1. The average Bonchev–Trinajstić information content (AvgIpc) is 3.17. The number of likely N-dealkylation sites (tertiary alicyclic amines) is 1. The van der Waals surface area contributed by atoms with E-state index in [2.05, 4.69) is 30.5 Å². The Bertz CT molecular complexity index is 822. The molecule has 1 amide bonds. The molecule has 2 heterocycles. The van der Waals surface area contributed by atoms with Crippen molar-refractivity contribution in [2.45, 2.75) is 26.7 Å². The number of aryl methyl sites for hydroxylation is 1. The highest BCUT2D eigenvalue weighted by Gasteiger charge is 2.46. The van der Waals surface area contributed by atoms with Crippen molar-refractivity contribution in [3.63, 3.8) is 0 Å². The maximum atomic E-state index is 13.3. The van der Waals surface area contributed by atoms with Crippen LogP contribution in [-0.2, 0) is 20.7 Å². The molecular weight excluding hydrogens is 384 g/mol. The summed E-state index contributed by atoms with van der Waals surface area (Å²) in [6.07, 6.45) is 6.42. The van der Waals surface area contributed by atoms with Gasteiger partial charge in [0, 0.05) is 19.6 Å². The average molecular weight is 415 g/mol. The Morgan fingerprint density at radius 2 is 2.07 bits per heavy atom. The molecule has 4 rings (SSSR count). The van der Waals surface area contributed by atoms with Crippen molar-refractivity contribution >= 4 is 24.0 Å².